The molecule has 25 heavy (non-hydrogen) atoms. The van der Waals surface area contributed by atoms with E-state index in [2.05, 4.69) is 5.32 Å². The molecule has 2 aromatic rings. The second-order valence-electron chi connectivity index (χ2n) is 6.06. The molecule has 1 N–H and O–H groups in total. The number of carbonyl (C=O) groups is 1. The number of nitrogens with one attached hydrogen (secondary N) is 1. The number of hydrogen-bond donors (Lipinski definition) is 1. The number of amides is 1. The Morgan fingerprint density at radius 2 is 1.76 bits per heavy atom. The largest absolute Gasteiger partial charge is 0.497 e. The fourth-order valence-corrected chi connectivity index (χ4v) is 2.39. The highest BCUT2D eigenvalue weighted by Gasteiger charge is 2.09. The molecule has 2 rings (SSSR count). The van der Waals surface area contributed by atoms with Gasteiger partial charge in [-0.3, -0.25) is 9.69 Å². The summed E-state index contributed by atoms with van der Waals surface area (Å²) in [5.74, 6) is 1.56. The highest BCUT2D eigenvalue weighted by atomic mass is 16.5. The predicted molar refractivity (Wildman–Crippen MR) is 101 cm³/mol. The van der Waals surface area contributed by atoms with Gasteiger partial charge in [0.15, 0.2) is 0 Å². The maximum atomic E-state index is 12.2. The van der Waals surface area contributed by atoms with Gasteiger partial charge < -0.3 is 14.8 Å². The van der Waals surface area contributed by atoms with Gasteiger partial charge in [-0.15, -0.1) is 0 Å². The van der Waals surface area contributed by atoms with Crippen LogP contribution in [-0.4, -0.2) is 44.7 Å². The van der Waals surface area contributed by atoms with E-state index in [1.54, 1.807) is 7.11 Å². The van der Waals surface area contributed by atoms with E-state index in [9.17, 15) is 4.79 Å². The van der Waals surface area contributed by atoms with E-state index < -0.39 is 0 Å². The van der Waals surface area contributed by atoms with Gasteiger partial charge in [-0.25, -0.2) is 0 Å². The van der Waals surface area contributed by atoms with Crippen LogP contribution in [0.4, 0.5) is 5.69 Å². The van der Waals surface area contributed by atoms with Crippen LogP contribution in [0.5, 0.6) is 11.5 Å². The minimum atomic E-state index is -0.0272. The maximum absolute atomic E-state index is 12.2. The highest BCUT2D eigenvalue weighted by molar-refractivity contribution is 5.93. The quantitative estimate of drug-likeness (QED) is 0.800. The average molecular weight is 342 g/mol. The number of likely N-dealkylation sites (N-methyl/N-ethyl adjacent to an activating group) is 1. The smallest absolute Gasteiger partial charge is 0.238 e. The normalized spacial score (nSPS) is 10.6. The van der Waals surface area contributed by atoms with E-state index >= 15 is 0 Å². The van der Waals surface area contributed by atoms with E-state index in [1.807, 2.05) is 68.3 Å². The number of nitrogens with zero attached hydrogens (tertiary/aromatic N) is 1. The van der Waals surface area contributed by atoms with Crippen LogP contribution in [0.2, 0.25) is 0 Å². The molecule has 0 saturated carbocycles. The fourth-order valence-electron chi connectivity index (χ4n) is 2.39. The van der Waals surface area contributed by atoms with Crippen LogP contribution in [0.25, 0.3) is 0 Å². The number of hydrogen-bond acceptors (Lipinski definition) is 4. The highest BCUT2D eigenvalue weighted by Crippen LogP contribution is 2.18. The summed E-state index contributed by atoms with van der Waals surface area (Å²) < 4.78 is 10.8. The number of rotatable bonds is 8. The summed E-state index contributed by atoms with van der Waals surface area (Å²) in [4.78, 5) is 14.1. The molecule has 0 aromatic heterocycles. The van der Waals surface area contributed by atoms with Crippen molar-refractivity contribution in [3.8, 4) is 11.5 Å². The van der Waals surface area contributed by atoms with E-state index in [0.717, 1.165) is 22.7 Å². The number of aryl methyl sites for hydroxylation is 1. The van der Waals surface area contributed by atoms with Gasteiger partial charge in [0.25, 0.3) is 0 Å². The Morgan fingerprint density at radius 1 is 1.08 bits per heavy atom. The molecule has 0 aliphatic carbocycles. The Bertz CT molecular complexity index is 699. The van der Waals surface area contributed by atoms with Crippen LogP contribution in [0.1, 0.15) is 11.1 Å². The molecule has 0 spiro atoms. The molecule has 5 nitrogen and oxygen atoms in total. The van der Waals surface area contributed by atoms with E-state index in [-0.39, 0.29) is 5.91 Å². The van der Waals surface area contributed by atoms with Gasteiger partial charge in [-0.05, 0) is 62.4 Å². The topological polar surface area (TPSA) is 50.8 Å². The standard InChI is InChI=1S/C20H26N2O3/c1-15-6-5-7-19(16(15)2)21-20(23)14-22(3)12-13-25-18-10-8-17(24-4)9-11-18/h5-11H,12-14H2,1-4H3,(H,21,23). The third kappa shape index (κ3) is 5.80. The molecule has 0 heterocycles. The van der Waals surface area contributed by atoms with Gasteiger partial charge in [0, 0.05) is 12.2 Å². The van der Waals surface area contributed by atoms with Gasteiger partial charge in [0.05, 0.1) is 13.7 Å². The van der Waals surface area contributed by atoms with Crippen LogP contribution in [0.15, 0.2) is 42.5 Å². The first kappa shape index (κ1) is 18.8. The summed E-state index contributed by atoms with van der Waals surface area (Å²) >= 11 is 0. The Hall–Kier alpha value is -2.53. The summed E-state index contributed by atoms with van der Waals surface area (Å²) in [6, 6.07) is 13.4. The summed E-state index contributed by atoms with van der Waals surface area (Å²) in [6.07, 6.45) is 0. The van der Waals surface area contributed by atoms with Gasteiger partial charge in [0.1, 0.15) is 18.1 Å². The molecule has 0 fully saturated rings. The Balaban J connectivity index is 1.74. The van der Waals surface area contributed by atoms with Crippen molar-refractivity contribution in [1.82, 2.24) is 4.90 Å². The second kappa shape index (κ2) is 9.08. The van der Waals surface area contributed by atoms with Crippen LogP contribution >= 0.6 is 0 Å². The summed E-state index contributed by atoms with van der Waals surface area (Å²) in [7, 11) is 3.54. The molecule has 5 heteroatoms. The lowest BCUT2D eigenvalue weighted by Gasteiger charge is -2.17. The molecular weight excluding hydrogens is 316 g/mol. The van der Waals surface area contributed by atoms with E-state index in [4.69, 9.17) is 9.47 Å². The Morgan fingerprint density at radius 3 is 2.44 bits per heavy atom. The molecule has 0 saturated heterocycles. The average Bonchev–Trinajstić information content (AvgIpc) is 2.59. The van der Waals surface area contributed by atoms with Gasteiger partial charge in [0.2, 0.25) is 5.91 Å². The zero-order valence-electron chi connectivity index (χ0n) is 15.3. The second-order valence-corrected chi connectivity index (χ2v) is 6.06. The third-order valence-corrected chi connectivity index (χ3v) is 4.09. The van der Waals surface area contributed by atoms with Gasteiger partial charge >= 0.3 is 0 Å². The van der Waals surface area contributed by atoms with Crippen molar-refractivity contribution in [2.24, 2.45) is 0 Å². The predicted octanol–water partition coefficient (Wildman–Crippen LogP) is 3.26. The number of ether oxygens (including phenoxy) is 2. The molecule has 134 valence electrons. The van der Waals surface area contributed by atoms with Crippen molar-refractivity contribution in [3.05, 3.63) is 53.6 Å². The van der Waals surface area contributed by atoms with Crippen LogP contribution in [0.3, 0.4) is 0 Å². The molecule has 0 atom stereocenters. The third-order valence-electron chi connectivity index (χ3n) is 4.09. The number of anilines is 1. The minimum absolute atomic E-state index is 0.0272. The Labute approximate surface area is 149 Å². The van der Waals surface area contributed by atoms with E-state index in [1.165, 1.54) is 5.56 Å². The van der Waals surface area contributed by atoms with Crippen molar-refractivity contribution in [3.63, 3.8) is 0 Å². The van der Waals surface area contributed by atoms with Gasteiger partial charge in [-0.1, -0.05) is 12.1 Å². The molecule has 0 aliphatic heterocycles. The maximum Gasteiger partial charge on any atom is 0.238 e. The van der Waals surface area contributed by atoms with E-state index in [0.29, 0.717) is 19.7 Å². The summed E-state index contributed by atoms with van der Waals surface area (Å²) in [5, 5.41) is 2.97. The lowest BCUT2D eigenvalue weighted by atomic mass is 10.1. The first-order chi connectivity index (χ1) is 12.0. The summed E-state index contributed by atoms with van der Waals surface area (Å²) in [5.41, 5.74) is 3.13. The number of benzene rings is 2. The fraction of sp³-hybridized carbons (Fsp3) is 0.350. The lowest BCUT2D eigenvalue weighted by Crippen LogP contribution is -2.33. The molecule has 0 unspecified atom stereocenters. The van der Waals surface area contributed by atoms with Crippen LogP contribution in [-0.2, 0) is 4.79 Å². The zero-order chi connectivity index (χ0) is 18.2. The Kier molecular flexibility index (Phi) is 6.83. The first-order valence-corrected chi connectivity index (χ1v) is 8.31. The number of carbonyl (C=O) groups excluding carboxylic acids is 1. The SMILES string of the molecule is COc1ccc(OCCN(C)CC(=O)Nc2cccc(C)c2C)cc1. The van der Waals surface area contributed by atoms with Crippen molar-refractivity contribution in [2.45, 2.75) is 13.8 Å². The molecule has 2 aromatic carbocycles. The minimum Gasteiger partial charge on any atom is -0.497 e. The first-order valence-electron chi connectivity index (χ1n) is 8.31. The summed E-state index contributed by atoms with van der Waals surface area (Å²) in [6.45, 7) is 5.54. The number of methoxy groups -OCH3 is 1. The van der Waals surface area contributed by atoms with Crippen LogP contribution in [0, 0.1) is 13.8 Å². The molecule has 0 aliphatic rings. The van der Waals surface area contributed by atoms with Crippen molar-refractivity contribution in [1.29, 1.82) is 0 Å². The van der Waals surface area contributed by atoms with Crippen molar-refractivity contribution in [2.75, 3.05) is 39.2 Å². The lowest BCUT2D eigenvalue weighted by molar-refractivity contribution is -0.117. The zero-order valence-corrected chi connectivity index (χ0v) is 15.3. The van der Waals surface area contributed by atoms with Crippen molar-refractivity contribution >= 4 is 11.6 Å². The molecule has 1 amide bonds. The van der Waals surface area contributed by atoms with Crippen LogP contribution < -0.4 is 14.8 Å². The molecule has 0 radical (unpaired) electrons. The monoisotopic (exact) mass is 342 g/mol. The van der Waals surface area contributed by atoms with Crippen molar-refractivity contribution < 1.29 is 14.3 Å². The van der Waals surface area contributed by atoms with Gasteiger partial charge in [-0.2, -0.15) is 0 Å². The molecule has 0 bridgehead atoms. The molecular formula is C20H26N2O3.